The van der Waals surface area contributed by atoms with Crippen molar-refractivity contribution in [1.82, 2.24) is 14.9 Å². The summed E-state index contributed by atoms with van der Waals surface area (Å²) in [5, 5.41) is 4.34. The Hall–Kier alpha value is -3.19. The van der Waals surface area contributed by atoms with E-state index >= 15 is 0 Å². The molecule has 1 aromatic heterocycles. The molecule has 2 amide bonds. The van der Waals surface area contributed by atoms with E-state index in [-0.39, 0.29) is 34.7 Å². The number of halogens is 4. The highest BCUT2D eigenvalue weighted by molar-refractivity contribution is 6.29. The Bertz CT molecular complexity index is 1160. The van der Waals surface area contributed by atoms with Crippen molar-refractivity contribution in [2.45, 2.75) is 31.1 Å². The number of aromatic nitrogens is 2. The fourth-order valence-corrected chi connectivity index (χ4v) is 3.39. The van der Waals surface area contributed by atoms with Gasteiger partial charge in [0.25, 0.3) is 5.56 Å². The number of rotatable bonds is 2. The molecule has 1 aliphatic heterocycles. The zero-order valence-corrected chi connectivity index (χ0v) is 16.1. The highest BCUT2D eigenvalue weighted by Crippen LogP contribution is 2.44. The summed E-state index contributed by atoms with van der Waals surface area (Å²) < 4.78 is 43.4. The maximum absolute atomic E-state index is 14.1. The molecule has 2 heterocycles. The van der Waals surface area contributed by atoms with Gasteiger partial charge in [-0.3, -0.25) is 4.79 Å². The SMILES string of the molecule is Nc1nc(Cl)cn(Cc2ccc3c(c2)NC(=O)N[C@]3(C#CC2CC2)C(F)(F)F)c1=O. The summed E-state index contributed by atoms with van der Waals surface area (Å²) in [6, 6.07) is 3.01. The monoisotopic (exact) mass is 437 g/mol. The van der Waals surface area contributed by atoms with Crippen LogP contribution in [0.2, 0.25) is 5.15 Å². The average Bonchev–Trinajstić information content (AvgIpc) is 3.47. The van der Waals surface area contributed by atoms with Gasteiger partial charge in [0.15, 0.2) is 5.82 Å². The van der Waals surface area contributed by atoms with Gasteiger partial charge in [0.1, 0.15) is 5.15 Å². The molecule has 11 heteroatoms. The lowest BCUT2D eigenvalue weighted by Crippen LogP contribution is -2.59. The number of urea groups is 1. The first kappa shape index (κ1) is 20.1. The lowest BCUT2D eigenvalue weighted by Gasteiger charge is -2.37. The highest BCUT2D eigenvalue weighted by Gasteiger charge is 2.59. The predicted molar refractivity (Wildman–Crippen MR) is 104 cm³/mol. The van der Waals surface area contributed by atoms with E-state index in [0.29, 0.717) is 5.56 Å². The summed E-state index contributed by atoms with van der Waals surface area (Å²) in [6.07, 6.45) is -2.09. The number of hydrogen-bond donors (Lipinski definition) is 3. The molecule has 7 nitrogen and oxygen atoms in total. The third-order valence-electron chi connectivity index (χ3n) is 4.83. The molecular formula is C19H15ClF3N5O2. The Balaban J connectivity index is 1.78. The molecule has 4 N–H and O–H groups in total. The second-order valence-corrected chi connectivity index (χ2v) is 7.52. The summed E-state index contributed by atoms with van der Waals surface area (Å²) in [4.78, 5) is 27.8. The van der Waals surface area contributed by atoms with E-state index in [0.717, 1.165) is 12.8 Å². The number of alkyl halides is 3. The van der Waals surface area contributed by atoms with Crippen molar-refractivity contribution in [3.8, 4) is 11.8 Å². The molecule has 1 fully saturated rings. The number of nitrogens with zero attached hydrogens (tertiary/aromatic N) is 2. The molecule has 0 spiro atoms. The molecule has 4 rings (SSSR count). The van der Waals surface area contributed by atoms with Gasteiger partial charge in [-0.05, 0) is 24.5 Å². The number of benzene rings is 1. The molecule has 0 bridgehead atoms. The largest absolute Gasteiger partial charge is 0.427 e. The highest BCUT2D eigenvalue weighted by atomic mass is 35.5. The molecule has 1 atom stereocenters. The number of carbonyl (C=O) groups is 1. The third-order valence-corrected chi connectivity index (χ3v) is 5.01. The Morgan fingerprint density at radius 3 is 2.73 bits per heavy atom. The lowest BCUT2D eigenvalue weighted by molar-refractivity contribution is -0.178. The van der Waals surface area contributed by atoms with Gasteiger partial charge in [0.2, 0.25) is 5.54 Å². The number of anilines is 2. The molecule has 0 radical (unpaired) electrons. The average molecular weight is 438 g/mol. The van der Waals surface area contributed by atoms with Crippen LogP contribution in [0.4, 0.5) is 29.5 Å². The van der Waals surface area contributed by atoms with Crippen LogP contribution in [0.3, 0.4) is 0 Å². The maximum atomic E-state index is 14.1. The smallest absolute Gasteiger partial charge is 0.379 e. The summed E-state index contributed by atoms with van der Waals surface area (Å²) >= 11 is 5.82. The van der Waals surface area contributed by atoms with Crippen molar-refractivity contribution in [2.75, 3.05) is 11.1 Å². The van der Waals surface area contributed by atoms with Gasteiger partial charge in [0.05, 0.1) is 6.54 Å². The standard InChI is InChI=1S/C19H15ClF3N5O2/c20-14-9-28(16(29)15(24)26-14)8-11-3-4-12-13(7-11)25-17(30)27-18(12,19(21,22)23)6-5-10-1-2-10/h3-4,7,9-10H,1-2,8H2,(H2,24,26)(H2,25,27,30)/t18-/m0/s1. The number of amides is 2. The van der Waals surface area contributed by atoms with E-state index in [1.165, 1.54) is 29.0 Å². The molecular weight excluding hydrogens is 423 g/mol. The van der Waals surface area contributed by atoms with Crippen molar-refractivity contribution in [2.24, 2.45) is 5.92 Å². The molecule has 1 aliphatic carbocycles. The fourth-order valence-electron chi connectivity index (χ4n) is 3.18. The molecule has 2 aliphatic rings. The summed E-state index contributed by atoms with van der Waals surface area (Å²) in [7, 11) is 0. The van der Waals surface area contributed by atoms with Gasteiger partial charge >= 0.3 is 12.2 Å². The molecule has 2 aromatic rings. The molecule has 1 aromatic carbocycles. The third kappa shape index (κ3) is 3.57. The van der Waals surface area contributed by atoms with Crippen LogP contribution in [-0.4, -0.2) is 21.8 Å². The molecule has 0 saturated heterocycles. The van der Waals surface area contributed by atoms with Crippen molar-refractivity contribution in [3.63, 3.8) is 0 Å². The van der Waals surface area contributed by atoms with Crippen molar-refractivity contribution in [3.05, 3.63) is 51.0 Å². The van der Waals surface area contributed by atoms with Gasteiger partial charge in [-0.25, -0.2) is 9.78 Å². The second kappa shape index (κ2) is 6.95. The Morgan fingerprint density at radius 1 is 1.33 bits per heavy atom. The van der Waals surface area contributed by atoms with Crippen LogP contribution in [0.15, 0.2) is 29.2 Å². The molecule has 1 saturated carbocycles. The fraction of sp³-hybridized carbons (Fsp3) is 0.316. The van der Waals surface area contributed by atoms with Crippen LogP contribution in [0.5, 0.6) is 0 Å². The first-order chi connectivity index (χ1) is 14.1. The minimum Gasteiger partial charge on any atom is -0.379 e. The maximum Gasteiger partial charge on any atom is 0.427 e. The van der Waals surface area contributed by atoms with Crippen LogP contribution in [0, 0.1) is 17.8 Å². The summed E-state index contributed by atoms with van der Waals surface area (Å²) in [5.74, 6) is 4.50. The number of nitrogen functional groups attached to an aromatic ring is 1. The van der Waals surface area contributed by atoms with Crippen molar-refractivity contribution < 1.29 is 18.0 Å². The topological polar surface area (TPSA) is 102 Å². The Labute approximate surface area is 173 Å². The Morgan fingerprint density at radius 2 is 2.07 bits per heavy atom. The van der Waals surface area contributed by atoms with Crippen molar-refractivity contribution >= 4 is 29.1 Å². The summed E-state index contributed by atoms with van der Waals surface area (Å²) in [6.45, 7) is -0.0331. The van der Waals surface area contributed by atoms with Crippen LogP contribution >= 0.6 is 11.6 Å². The predicted octanol–water partition coefficient (Wildman–Crippen LogP) is 2.83. The van der Waals surface area contributed by atoms with Gasteiger partial charge < -0.3 is 20.9 Å². The second-order valence-electron chi connectivity index (χ2n) is 7.13. The number of carbonyl (C=O) groups excluding carboxylic acids is 1. The molecule has 30 heavy (non-hydrogen) atoms. The van der Waals surface area contributed by atoms with Crippen LogP contribution < -0.4 is 21.9 Å². The van der Waals surface area contributed by atoms with E-state index in [1.807, 2.05) is 5.32 Å². The van der Waals surface area contributed by atoms with E-state index in [1.54, 1.807) is 0 Å². The number of nitrogens with one attached hydrogen (secondary N) is 2. The van der Waals surface area contributed by atoms with E-state index < -0.39 is 23.3 Å². The van der Waals surface area contributed by atoms with E-state index in [4.69, 9.17) is 17.3 Å². The minimum atomic E-state index is -4.84. The first-order valence-electron chi connectivity index (χ1n) is 8.93. The number of fused-ring (bicyclic) bond motifs is 1. The van der Waals surface area contributed by atoms with E-state index in [9.17, 15) is 22.8 Å². The van der Waals surface area contributed by atoms with Gasteiger partial charge in [-0.2, -0.15) is 13.2 Å². The first-order valence-corrected chi connectivity index (χ1v) is 9.31. The van der Waals surface area contributed by atoms with Crippen LogP contribution in [0.1, 0.15) is 24.0 Å². The zero-order valence-electron chi connectivity index (χ0n) is 15.3. The minimum absolute atomic E-state index is 0.00555. The van der Waals surface area contributed by atoms with Gasteiger partial charge in [0, 0.05) is 23.4 Å². The molecule has 156 valence electrons. The van der Waals surface area contributed by atoms with Gasteiger partial charge in [-0.15, -0.1) is 0 Å². The quantitative estimate of drug-likeness (QED) is 0.629. The number of nitrogens with two attached hydrogens (primary N) is 1. The lowest BCUT2D eigenvalue weighted by atomic mass is 9.85. The summed E-state index contributed by atoms with van der Waals surface area (Å²) in [5.41, 5.74) is 2.30. The van der Waals surface area contributed by atoms with Crippen LogP contribution in [-0.2, 0) is 12.1 Å². The molecule has 0 unspecified atom stereocenters. The zero-order chi connectivity index (χ0) is 21.7. The van der Waals surface area contributed by atoms with Crippen LogP contribution in [0.25, 0.3) is 0 Å². The van der Waals surface area contributed by atoms with Gasteiger partial charge in [-0.1, -0.05) is 35.6 Å². The van der Waals surface area contributed by atoms with E-state index in [2.05, 4.69) is 22.1 Å². The normalized spacial score (nSPS) is 20.5. The Kier molecular flexibility index (Phi) is 4.66. The number of hydrogen-bond acceptors (Lipinski definition) is 4. The van der Waals surface area contributed by atoms with Crippen molar-refractivity contribution in [1.29, 1.82) is 0 Å².